The van der Waals surface area contributed by atoms with E-state index in [9.17, 15) is 0 Å². The maximum Gasteiger partial charge on any atom is 0.164 e. The zero-order chi connectivity index (χ0) is 10.1. The molecule has 0 rings (SSSR count). The molecule has 0 aromatic heterocycles. The molecule has 0 amide bonds. The molecule has 0 aliphatic heterocycles. The summed E-state index contributed by atoms with van der Waals surface area (Å²) in [4.78, 5) is 1.86. The van der Waals surface area contributed by atoms with E-state index in [0.717, 1.165) is 25.8 Å². The van der Waals surface area contributed by atoms with Crippen LogP contribution >= 0.6 is 0 Å². The molecular formula is C9H21NO3. The fourth-order valence-electron chi connectivity index (χ4n) is 1.25. The fraction of sp³-hybridized carbons (Fsp3) is 1.00. The summed E-state index contributed by atoms with van der Waals surface area (Å²) in [5.41, 5.74) is 0. The van der Waals surface area contributed by atoms with Gasteiger partial charge in [0.15, 0.2) is 6.29 Å². The summed E-state index contributed by atoms with van der Waals surface area (Å²) in [6.07, 6.45) is 2.04. The minimum atomic E-state index is -1.30. The smallest absolute Gasteiger partial charge is 0.164 e. The predicted molar refractivity (Wildman–Crippen MR) is 51.3 cm³/mol. The first kappa shape index (κ1) is 12.8. The summed E-state index contributed by atoms with van der Waals surface area (Å²) in [5.74, 6) is 0. The van der Waals surface area contributed by atoms with Gasteiger partial charge in [-0.3, -0.25) is 4.90 Å². The maximum absolute atomic E-state index is 8.74. The van der Waals surface area contributed by atoms with Gasteiger partial charge in [-0.15, -0.1) is 0 Å². The molecule has 0 aliphatic rings. The Bertz CT molecular complexity index is 109. The third kappa shape index (κ3) is 8.18. The van der Waals surface area contributed by atoms with E-state index in [1.807, 2.05) is 4.90 Å². The van der Waals surface area contributed by atoms with Crippen LogP contribution in [0.25, 0.3) is 0 Å². The van der Waals surface area contributed by atoms with Crippen molar-refractivity contribution in [2.45, 2.75) is 32.5 Å². The number of hydrogen-bond acceptors (Lipinski definition) is 4. The molecule has 3 N–H and O–H groups in total. The topological polar surface area (TPSA) is 63.9 Å². The van der Waals surface area contributed by atoms with Crippen LogP contribution in [0.4, 0.5) is 0 Å². The molecule has 0 radical (unpaired) electrons. The van der Waals surface area contributed by atoms with Crippen molar-refractivity contribution in [2.24, 2.45) is 0 Å². The molecule has 0 saturated heterocycles. The van der Waals surface area contributed by atoms with E-state index in [0.29, 0.717) is 6.54 Å². The van der Waals surface area contributed by atoms with Crippen molar-refractivity contribution in [3.63, 3.8) is 0 Å². The molecular weight excluding hydrogens is 170 g/mol. The SMILES string of the molecule is CCCCCN(CCO)CC(O)O. The number of aliphatic hydroxyl groups is 3. The summed E-state index contributed by atoms with van der Waals surface area (Å²) in [5, 5.41) is 26.2. The first-order valence-electron chi connectivity index (χ1n) is 4.90. The predicted octanol–water partition coefficient (Wildman–Crippen LogP) is -0.218. The molecule has 0 heterocycles. The summed E-state index contributed by atoms with van der Waals surface area (Å²) >= 11 is 0. The molecule has 0 saturated carbocycles. The third-order valence-electron chi connectivity index (χ3n) is 1.92. The standard InChI is InChI=1S/C9H21NO3/c1-2-3-4-5-10(6-7-11)8-9(12)13/h9,11-13H,2-8H2,1H3. The lowest BCUT2D eigenvalue weighted by Crippen LogP contribution is -2.35. The highest BCUT2D eigenvalue weighted by Crippen LogP contribution is 1.98. The highest BCUT2D eigenvalue weighted by atomic mass is 16.5. The van der Waals surface area contributed by atoms with Crippen LogP contribution in [0.2, 0.25) is 0 Å². The van der Waals surface area contributed by atoms with Crippen LogP contribution in [0.5, 0.6) is 0 Å². The maximum atomic E-state index is 8.74. The highest BCUT2D eigenvalue weighted by molar-refractivity contribution is 4.58. The van der Waals surface area contributed by atoms with E-state index >= 15 is 0 Å². The molecule has 0 bridgehead atoms. The highest BCUT2D eigenvalue weighted by Gasteiger charge is 2.07. The second-order valence-electron chi connectivity index (χ2n) is 3.21. The van der Waals surface area contributed by atoms with Gasteiger partial charge in [-0.25, -0.2) is 0 Å². The van der Waals surface area contributed by atoms with Gasteiger partial charge in [-0.1, -0.05) is 19.8 Å². The number of nitrogens with zero attached hydrogens (tertiary/aromatic N) is 1. The molecule has 0 aromatic carbocycles. The number of aliphatic hydroxyl groups excluding tert-OH is 2. The van der Waals surface area contributed by atoms with Crippen LogP contribution in [-0.2, 0) is 0 Å². The van der Waals surface area contributed by atoms with Crippen LogP contribution in [0, 0.1) is 0 Å². The quantitative estimate of drug-likeness (QED) is 0.367. The number of unbranched alkanes of at least 4 members (excludes halogenated alkanes) is 2. The Kier molecular flexibility index (Phi) is 8.33. The van der Waals surface area contributed by atoms with Crippen LogP contribution in [0.1, 0.15) is 26.2 Å². The number of hydrogen-bond donors (Lipinski definition) is 3. The summed E-state index contributed by atoms with van der Waals surface area (Å²) in [7, 11) is 0. The lowest BCUT2D eigenvalue weighted by atomic mass is 10.2. The van der Waals surface area contributed by atoms with E-state index in [2.05, 4.69) is 6.92 Å². The monoisotopic (exact) mass is 191 g/mol. The van der Waals surface area contributed by atoms with Gasteiger partial charge in [-0.2, -0.15) is 0 Å². The van der Waals surface area contributed by atoms with E-state index in [1.165, 1.54) is 0 Å². The van der Waals surface area contributed by atoms with Gasteiger partial charge >= 0.3 is 0 Å². The van der Waals surface area contributed by atoms with Gasteiger partial charge in [0, 0.05) is 13.1 Å². The lowest BCUT2D eigenvalue weighted by molar-refractivity contribution is -0.0629. The summed E-state index contributed by atoms with van der Waals surface area (Å²) < 4.78 is 0. The minimum Gasteiger partial charge on any atom is -0.395 e. The molecule has 0 fully saturated rings. The first-order chi connectivity index (χ1) is 6.20. The van der Waals surface area contributed by atoms with E-state index < -0.39 is 6.29 Å². The van der Waals surface area contributed by atoms with Crippen LogP contribution in [-0.4, -0.2) is 52.8 Å². The van der Waals surface area contributed by atoms with Gasteiger partial charge in [-0.05, 0) is 13.0 Å². The zero-order valence-corrected chi connectivity index (χ0v) is 8.32. The van der Waals surface area contributed by atoms with Crippen molar-refractivity contribution >= 4 is 0 Å². The van der Waals surface area contributed by atoms with Crippen molar-refractivity contribution in [1.29, 1.82) is 0 Å². The largest absolute Gasteiger partial charge is 0.395 e. The molecule has 13 heavy (non-hydrogen) atoms. The van der Waals surface area contributed by atoms with Gasteiger partial charge in [0.2, 0.25) is 0 Å². The Morgan fingerprint density at radius 2 is 1.85 bits per heavy atom. The Morgan fingerprint density at radius 1 is 1.15 bits per heavy atom. The molecule has 0 aliphatic carbocycles. The lowest BCUT2D eigenvalue weighted by Gasteiger charge is -2.21. The van der Waals surface area contributed by atoms with Gasteiger partial charge in [0.1, 0.15) is 0 Å². The van der Waals surface area contributed by atoms with Crippen LogP contribution in [0.3, 0.4) is 0 Å². The Morgan fingerprint density at radius 3 is 2.31 bits per heavy atom. The van der Waals surface area contributed by atoms with Crippen molar-refractivity contribution in [3.8, 4) is 0 Å². The molecule has 0 atom stereocenters. The normalized spacial score (nSPS) is 11.5. The van der Waals surface area contributed by atoms with Gasteiger partial charge in [0.25, 0.3) is 0 Å². The van der Waals surface area contributed by atoms with Gasteiger partial charge in [0.05, 0.1) is 6.61 Å². The van der Waals surface area contributed by atoms with E-state index in [-0.39, 0.29) is 13.2 Å². The van der Waals surface area contributed by atoms with Crippen LogP contribution < -0.4 is 0 Å². The molecule has 0 aromatic rings. The Balaban J connectivity index is 3.53. The minimum absolute atomic E-state index is 0.0683. The second-order valence-corrected chi connectivity index (χ2v) is 3.21. The summed E-state index contributed by atoms with van der Waals surface area (Å²) in [6.45, 7) is 3.76. The van der Waals surface area contributed by atoms with Crippen molar-refractivity contribution < 1.29 is 15.3 Å². The molecule has 4 heteroatoms. The average Bonchev–Trinajstić information content (AvgIpc) is 2.04. The molecule has 0 unspecified atom stereocenters. The van der Waals surface area contributed by atoms with E-state index in [4.69, 9.17) is 15.3 Å². The fourth-order valence-corrected chi connectivity index (χ4v) is 1.25. The Hall–Kier alpha value is -0.160. The average molecular weight is 191 g/mol. The van der Waals surface area contributed by atoms with Crippen molar-refractivity contribution in [1.82, 2.24) is 4.90 Å². The van der Waals surface area contributed by atoms with Gasteiger partial charge < -0.3 is 15.3 Å². The van der Waals surface area contributed by atoms with Crippen LogP contribution in [0.15, 0.2) is 0 Å². The Labute approximate surface area is 79.8 Å². The van der Waals surface area contributed by atoms with Crippen molar-refractivity contribution in [2.75, 3.05) is 26.2 Å². The zero-order valence-electron chi connectivity index (χ0n) is 8.32. The molecule has 0 spiro atoms. The summed E-state index contributed by atoms with van der Waals surface area (Å²) in [6, 6.07) is 0. The van der Waals surface area contributed by atoms with E-state index in [1.54, 1.807) is 0 Å². The molecule has 80 valence electrons. The number of rotatable bonds is 8. The van der Waals surface area contributed by atoms with Crippen molar-refractivity contribution in [3.05, 3.63) is 0 Å². The second kappa shape index (κ2) is 8.44. The third-order valence-corrected chi connectivity index (χ3v) is 1.92. The first-order valence-corrected chi connectivity index (χ1v) is 4.90. The molecule has 4 nitrogen and oxygen atoms in total.